The molecule has 3 rings (SSSR count). The van der Waals surface area contributed by atoms with E-state index >= 15 is 0 Å². The number of alkyl halides is 3. The lowest BCUT2D eigenvalue weighted by Gasteiger charge is -2.35. The second kappa shape index (κ2) is 8.13. The molecule has 1 N–H and O–H groups in total. The van der Waals surface area contributed by atoms with Crippen LogP contribution in [0.1, 0.15) is 13.8 Å². The number of hydrogen-bond donors (Lipinski definition) is 1. The van der Waals surface area contributed by atoms with Crippen molar-refractivity contribution in [1.82, 2.24) is 4.90 Å². The van der Waals surface area contributed by atoms with E-state index in [1.165, 1.54) is 6.92 Å². The molecule has 1 unspecified atom stereocenters. The average Bonchev–Trinajstić information content (AvgIpc) is 3.12. The van der Waals surface area contributed by atoms with E-state index in [-0.39, 0.29) is 42.1 Å². The fourth-order valence-electron chi connectivity index (χ4n) is 3.05. The highest BCUT2D eigenvalue weighted by atomic mass is 35.5. The predicted molar refractivity (Wildman–Crippen MR) is 102 cm³/mol. The molecule has 0 saturated heterocycles. The van der Waals surface area contributed by atoms with Gasteiger partial charge in [-0.1, -0.05) is 11.6 Å². The minimum Gasteiger partial charge on any atom is -0.464 e. The number of anilines is 2. The van der Waals surface area contributed by atoms with Gasteiger partial charge in [0.25, 0.3) is 5.91 Å². The van der Waals surface area contributed by atoms with E-state index in [0.717, 1.165) is 21.9 Å². The number of benzene rings is 1. The Morgan fingerprint density at radius 1 is 1.40 bits per heavy atom. The van der Waals surface area contributed by atoms with Crippen LogP contribution in [-0.2, 0) is 14.3 Å². The fraction of sp³-hybridized carbons (Fsp3) is 0.389. The summed E-state index contributed by atoms with van der Waals surface area (Å²) in [5.74, 6) is -2.97. The minimum absolute atomic E-state index is 0.00669. The van der Waals surface area contributed by atoms with E-state index in [4.69, 9.17) is 16.3 Å². The third kappa shape index (κ3) is 4.07. The molecule has 1 atom stereocenters. The third-order valence-corrected chi connectivity index (χ3v) is 4.68. The van der Waals surface area contributed by atoms with Gasteiger partial charge in [0, 0.05) is 12.6 Å². The van der Waals surface area contributed by atoms with Gasteiger partial charge in [0.1, 0.15) is 17.6 Å². The lowest BCUT2D eigenvalue weighted by atomic mass is 10.2. The molecule has 1 amide bonds. The number of carbonyl (C=O) groups excluding carboxylic acids is 2. The zero-order valence-corrected chi connectivity index (χ0v) is 16.6. The summed E-state index contributed by atoms with van der Waals surface area (Å²) in [6, 6.07) is 1.18. The molecule has 1 aromatic carbocycles. The number of fused-ring (bicyclic) bond motifs is 1. The molecular formula is C18H17ClF4N4O3. The zero-order valence-electron chi connectivity index (χ0n) is 15.9. The average molecular weight is 449 g/mol. The number of aliphatic imine (C=N–C) groups is 1. The summed E-state index contributed by atoms with van der Waals surface area (Å²) >= 11 is 6.04. The highest BCUT2D eigenvalue weighted by molar-refractivity contribution is 6.33. The quantitative estimate of drug-likeness (QED) is 0.552. The second-order valence-corrected chi connectivity index (χ2v) is 6.84. The van der Waals surface area contributed by atoms with Crippen molar-refractivity contribution in [3.05, 3.63) is 34.7 Å². The normalized spacial score (nSPS) is 17.4. The van der Waals surface area contributed by atoms with Crippen LogP contribution in [0.15, 0.2) is 28.9 Å². The smallest absolute Gasteiger partial charge is 0.431 e. The maximum Gasteiger partial charge on any atom is 0.431 e. The van der Waals surface area contributed by atoms with Crippen LogP contribution in [0.25, 0.3) is 0 Å². The topological polar surface area (TPSA) is 74.2 Å². The largest absolute Gasteiger partial charge is 0.464 e. The predicted octanol–water partition coefficient (Wildman–Crippen LogP) is 3.31. The lowest BCUT2D eigenvalue weighted by molar-refractivity contribution is -0.143. The van der Waals surface area contributed by atoms with E-state index in [1.54, 1.807) is 6.92 Å². The van der Waals surface area contributed by atoms with E-state index in [9.17, 15) is 27.2 Å². The molecule has 7 nitrogen and oxygen atoms in total. The van der Waals surface area contributed by atoms with Crippen molar-refractivity contribution in [3.63, 3.8) is 0 Å². The van der Waals surface area contributed by atoms with Gasteiger partial charge in [-0.25, -0.2) is 14.1 Å². The number of guanidine groups is 1. The first kappa shape index (κ1) is 21.9. The van der Waals surface area contributed by atoms with Crippen LogP contribution >= 0.6 is 11.6 Å². The number of halogens is 5. The monoisotopic (exact) mass is 448 g/mol. The summed E-state index contributed by atoms with van der Waals surface area (Å²) in [5, 5.41) is 2.66. The molecular weight excluding hydrogens is 432 g/mol. The molecule has 0 spiro atoms. The van der Waals surface area contributed by atoms with Crippen LogP contribution in [0.5, 0.6) is 0 Å². The van der Waals surface area contributed by atoms with E-state index in [2.05, 4.69) is 10.3 Å². The van der Waals surface area contributed by atoms with Gasteiger partial charge in [0.15, 0.2) is 0 Å². The summed E-state index contributed by atoms with van der Waals surface area (Å²) in [7, 11) is 0. The molecule has 162 valence electrons. The first-order chi connectivity index (χ1) is 14.0. The van der Waals surface area contributed by atoms with Crippen molar-refractivity contribution < 1.29 is 31.9 Å². The third-order valence-electron chi connectivity index (χ3n) is 4.37. The number of rotatable bonds is 5. The first-order valence-electron chi connectivity index (χ1n) is 8.91. The van der Waals surface area contributed by atoms with Crippen LogP contribution in [0.2, 0.25) is 5.02 Å². The lowest BCUT2D eigenvalue weighted by Crippen LogP contribution is -2.51. The molecule has 2 aliphatic rings. The van der Waals surface area contributed by atoms with Gasteiger partial charge >= 0.3 is 12.1 Å². The maximum atomic E-state index is 14.7. The molecule has 2 aliphatic heterocycles. The van der Waals surface area contributed by atoms with Gasteiger partial charge in [-0.3, -0.25) is 9.79 Å². The van der Waals surface area contributed by atoms with Crippen molar-refractivity contribution >= 4 is 40.8 Å². The standard InChI is InChI=1S/C18H17ClF4N4O3/c1-3-30-16(29)9(2)25-12-7-13(11(20)6-10(12)19)27-15(28)8-14(18(21,22)23)26-5-4-24-17(26)27/h6-9,25H,3-5H2,1-2H3. The van der Waals surface area contributed by atoms with Gasteiger partial charge in [-0.2, -0.15) is 13.2 Å². The van der Waals surface area contributed by atoms with Gasteiger partial charge in [-0.05, 0) is 26.0 Å². The Balaban J connectivity index is 2.00. The van der Waals surface area contributed by atoms with Crippen molar-refractivity contribution in [1.29, 1.82) is 0 Å². The summed E-state index contributed by atoms with van der Waals surface area (Å²) < 4.78 is 59.4. The Hall–Kier alpha value is -2.82. The number of nitrogens with zero attached hydrogens (tertiary/aromatic N) is 3. The molecule has 12 heteroatoms. The Morgan fingerprint density at radius 2 is 2.10 bits per heavy atom. The van der Waals surface area contributed by atoms with Crippen LogP contribution in [0, 0.1) is 5.82 Å². The second-order valence-electron chi connectivity index (χ2n) is 6.44. The van der Waals surface area contributed by atoms with Gasteiger partial charge in [-0.15, -0.1) is 0 Å². The summed E-state index contributed by atoms with van der Waals surface area (Å²) in [6.07, 6.45) is -4.38. The number of ether oxygens (including phenoxy) is 1. The van der Waals surface area contributed by atoms with Gasteiger partial charge in [0.05, 0.1) is 29.5 Å². The number of carbonyl (C=O) groups is 2. The number of allylic oxidation sites excluding steroid dienone is 1. The molecule has 0 saturated carbocycles. The highest BCUT2D eigenvalue weighted by Crippen LogP contribution is 2.37. The summed E-state index contributed by atoms with van der Waals surface area (Å²) in [6.45, 7) is 3.17. The highest BCUT2D eigenvalue weighted by Gasteiger charge is 2.47. The molecule has 0 bridgehead atoms. The molecule has 0 fully saturated rings. The molecule has 0 radical (unpaired) electrons. The van der Waals surface area contributed by atoms with Gasteiger partial charge in [0.2, 0.25) is 5.96 Å². The van der Waals surface area contributed by atoms with Crippen LogP contribution in [-0.4, -0.2) is 54.7 Å². The molecule has 30 heavy (non-hydrogen) atoms. The number of esters is 1. The minimum atomic E-state index is -4.77. The van der Waals surface area contributed by atoms with Crippen LogP contribution in [0.4, 0.5) is 28.9 Å². The van der Waals surface area contributed by atoms with E-state index in [0.29, 0.717) is 6.08 Å². The van der Waals surface area contributed by atoms with E-state index < -0.39 is 35.6 Å². The summed E-state index contributed by atoms with van der Waals surface area (Å²) in [4.78, 5) is 29.8. The van der Waals surface area contributed by atoms with Gasteiger partial charge < -0.3 is 15.0 Å². The molecule has 1 aromatic rings. The molecule has 2 heterocycles. The number of hydrogen-bond acceptors (Lipinski definition) is 6. The molecule has 0 aromatic heterocycles. The van der Waals surface area contributed by atoms with Crippen molar-refractivity contribution in [2.45, 2.75) is 26.1 Å². The summed E-state index contributed by atoms with van der Waals surface area (Å²) in [5.41, 5.74) is -1.42. The Morgan fingerprint density at radius 3 is 2.73 bits per heavy atom. The fourth-order valence-corrected chi connectivity index (χ4v) is 3.26. The maximum absolute atomic E-state index is 14.7. The van der Waals surface area contributed by atoms with Crippen molar-refractivity contribution in [3.8, 4) is 0 Å². The van der Waals surface area contributed by atoms with Crippen LogP contribution in [0.3, 0.4) is 0 Å². The zero-order chi connectivity index (χ0) is 22.2. The SMILES string of the molecule is CCOC(=O)C(C)Nc1cc(N2C(=O)C=C(C(F)(F)F)N3CCN=C32)c(F)cc1Cl. The Kier molecular flexibility index (Phi) is 5.93. The van der Waals surface area contributed by atoms with Crippen molar-refractivity contribution in [2.24, 2.45) is 4.99 Å². The van der Waals surface area contributed by atoms with Crippen LogP contribution < -0.4 is 10.2 Å². The Bertz CT molecular complexity index is 948. The first-order valence-corrected chi connectivity index (χ1v) is 9.29. The number of amides is 1. The Labute approximate surface area is 173 Å². The molecule has 0 aliphatic carbocycles. The van der Waals surface area contributed by atoms with E-state index in [1.807, 2.05) is 0 Å². The van der Waals surface area contributed by atoms with Crippen molar-refractivity contribution in [2.75, 3.05) is 29.9 Å². The number of nitrogens with one attached hydrogen (secondary N) is 1.